The molecule has 0 atom stereocenters. The predicted octanol–water partition coefficient (Wildman–Crippen LogP) is 2.59. The maximum absolute atomic E-state index is 12.9. The zero-order valence-corrected chi connectivity index (χ0v) is 11.3. The number of hydrogen-bond acceptors (Lipinski definition) is 3. The molecule has 0 aromatic heterocycles. The van der Waals surface area contributed by atoms with Gasteiger partial charge in [-0.2, -0.15) is 0 Å². The third kappa shape index (κ3) is 3.49. The van der Waals surface area contributed by atoms with Crippen molar-refractivity contribution in [3.05, 3.63) is 39.7 Å². The van der Waals surface area contributed by atoms with Crippen molar-refractivity contribution in [2.75, 3.05) is 18.9 Å². The highest BCUT2D eigenvalue weighted by Gasteiger charge is 2.23. The SMILES string of the molecule is CN(CCCBr)C(=O)c1ccc(F)cc1[N+](=O)[O-]. The van der Waals surface area contributed by atoms with Crippen LogP contribution in [-0.4, -0.2) is 34.7 Å². The van der Waals surface area contributed by atoms with E-state index in [-0.39, 0.29) is 5.56 Å². The summed E-state index contributed by atoms with van der Waals surface area (Å²) < 4.78 is 12.9. The molecule has 0 aliphatic heterocycles. The van der Waals surface area contributed by atoms with Crippen LogP contribution in [0, 0.1) is 15.9 Å². The van der Waals surface area contributed by atoms with Gasteiger partial charge in [0, 0.05) is 18.9 Å². The van der Waals surface area contributed by atoms with Crippen molar-refractivity contribution in [3.63, 3.8) is 0 Å². The van der Waals surface area contributed by atoms with E-state index >= 15 is 0 Å². The van der Waals surface area contributed by atoms with Gasteiger partial charge in [0.05, 0.1) is 11.0 Å². The van der Waals surface area contributed by atoms with E-state index in [1.165, 1.54) is 4.90 Å². The van der Waals surface area contributed by atoms with Gasteiger partial charge in [0.15, 0.2) is 0 Å². The molecule has 1 aromatic rings. The summed E-state index contributed by atoms with van der Waals surface area (Å²) in [6.45, 7) is 0.471. The lowest BCUT2D eigenvalue weighted by Gasteiger charge is -2.16. The van der Waals surface area contributed by atoms with Gasteiger partial charge in [-0.15, -0.1) is 0 Å². The van der Waals surface area contributed by atoms with Crippen molar-refractivity contribution in [1.29, 1.82) is 0 Å². The Morgan fingerprint density at radius 2 is 2.22 bits per heavy atom. The van der Waals surface area contributed by atoms with Crippen LogP contribution < -0.4 is 0 Å². The Balaban J connectivity index is 3.01. The zero-order chi connectivity index (χ0) is 13.7. The second-order valence-corrected chi connectivity index (χ2v) is 4.48. The fourth-order valence-electron chi connectivity index (χ4n) is 1.44. The van der Waals surface area contributed by atoms with Crippen LogP contribution in [0.25, 0.3) is 0 Å². The molecule has 0 aliphatic carbocycles. The average Bonchev–Trinajstić information content (AvgIpc) is 2.34. The lowest BCUT2D eigenvalue weighted by atomic mass is 10.1. The van der Waals surface area contributed by atoms with Gasteiger partial charge in [0.1, 0.15) is 11.4 Å². The molecule has 0 saturated heterocycles. The van der Waals surface area contributed by atoms with Crippen LogP contribution in [0.1, 0.15) is 16.8 Å². The Kier molecular flexibility index (Phi) is 5.21. The molecular formula is C11H12BrFN2O3. The molecular weight excluding hydrogens is 307 g/mol. The minimum Gasteiger partial charge on any atom is -0.341 e. The monoisotopic (exact) mass is 318 g/mol. The fourth-order valence-corrected chi connectivity index (χ4v) is 1.69. The van der Waals surface area contributed by atoms with Crippen LogP contribution in [0.15, 0.2) is 18.2 Å². The zero-order valence-electron chi connectivity index (χ0n) is 9.73. The van der Waals surface area contributed by atoms with Gasteiger partial charge < -0.3 is 4.90 Å². The lowest BCUT2D eigenvalue weighted by molar-refractivity contribution is -0.385. The van der Waals surface area contributed by atoms with Crippen LogP contribution in [0.2, 0.25) is 0 Å². The smallest absolute Gasteiger partial charge is 0.285 e. The highest BCUT2D eigenvalue weighted by Crippen LogP contribution is 2.21. The van der Waals surface area contributed by atoms with Crippen LogP contribution in [0.5, 0.6) is 0 Å². The number of nitrogens with zero attached hydrogens (tertiary/aromatic N) is 2. The Labute approximate surface area is 112 Å². The van der Waals surface area contributed by atoms with Gasteiger partial charge in [-0.05, 0) is 18.6 Å². The van der Waals surface area contributed by atoms with Crippen molar-refractivity contribution < 1.29 is 14.1 Å². The van der Waals surface area contributed by atoms with E-state index in [9.17, 15) is 19.3 Å². The van der Waals surface area contributed by atoms with E-state index in [4.69, 9.17) is 0 Å². The molecule has 1 aromatic carbocycles. The van der Waals surface area contributed by atoms with Crippen molar-refractivity contribution in [2.45, 2.75) is 6.42 Å². The largest absolute Gasteiger partial charge is 0.341 e. The van der Waals surface area contributed by atoms with E-state index in [0.29, 0.717) is 6.54 Å². The quantitative estimate of drug-likeness (QED) is 0.476. The molecule has 0 radical (unpaired) electrons. The van der Waals surface area contributed by atoms with Crippen molar-refractivity contribution in [3.8, 4) is 0 Å². The second-order valence-electron chi connectivity index (χ2n) is 3.69. The van der Waals surface area contributed by atoms with Crippen LogP contribution >= 0.6 is 15.9 Å². The highest BCUT2D eigenvalue weighted by atomic mass is 79.9. The highest BCUT2D eigenvalue weighted by molar-refractivity contribution is 9.09. The average molecular weight is 319 g/mol. The fraction of sp³-hybridized carbons (Fsp3) is 0.364. The number of alkyl halides is 1. The molecule has 0 fully saturated rings. The lowest BCUT2D eigenvalue weighted by Crippen LogP contribution is -2.28. The van der Waals surface area contributed by atoms with E-state index < -0.39 is 22.3 Å². The number of nitro groups is 1. The molecule has 5 nitrogen and oxygen atoms in total. The van der Waals surface area contributed by atoms with Gasteiger partial charge in [0.25, 0.3) is 11.6 Å². The van der Waals surface area contributed by atoms with Crippen LogP contribution in [0.3, 0.4) is 0 Å². The first kappa shape index (κ1) is 14.6. The Morgan fingerprint density at radius 1 is 1.56 bits per heavy atom. The molecule has 0 N–H and O–H groups in total. The Bertz CT molecular complexity index is 468. The minimum absolute atomic E-state index is 0.0986. The summed E-state index contributed by atoms with van der Waals surface area (Å²) in [7, 11) is 1.55. The third-order valence-corrected chi connectivity index (χ3v) is 2.92. The number of amides is 1. The van der Waals surface area contributed by atoms with Crippen molar-refractivity contribution >= 4 is 27.5 Å². The predicted molar refractivity (Wildman–Crippen MR) is 68.4 cm³/mol. The molecule has 0 aliphatic rings. The minimum atomic E-state index is -0.755. The first-order chi connectivity index (χ1) is 8.47. The van der Waals surface area contributed by atoms with Crippen LogP contribution in [0.4, 0.5) is 10.1 Å². The van der Waals surface area contributed by atoms with Gasteiger partial charge in [0.2, 0.25) is 0 Å². The summed E-state index contributed by atoms with van der Waals surface area (Å²) in [5.74, 6) is -1.22. The second kappa shape index (κ2) is 6.44. The Hall–Kier alpha value is -1.50. The van der Waals surface area contributed by atoms with Gasteiger partial charge in [-0.3, -0.25) is 14.9 Å². The molecule has 1 amide bonds. The van der Waals surface area contributed by atoms with Crippen molar-refractivity contribution in [1.82, 2.24) is 4.90 Å². The van der Waals surface area contributed by atoms with Gasteiger partial charge in [-0.25, -0.2) is 4.39 Å². The van der Waals surface area contributed by atoms with E-state index in [1.807, 2.05) is 0 Å². The topological polar surface area (TPSA) is 63.5 Å². The molecule has 98 valence electrons. The number of rotatable bonds is 5. The molecule has 0 heterocycles. The third-order valence-electron chi connectivity index (χ3n) is 2.36. The number of hydrogen-bond donors (Lipinski definition) is 0. The maximum atomic E-state index is 12.9. The van der Waals surface area contributed by atoms with Crippen LogP contribution in [-0.2, 0) is 0 Å². The molecule has 0 spiro atoms. The number of benzene rings is 1. The summed E-state index contributed by atoms with van der Waals surface area (Å²) in [4.78, 5) is 23.4. The number of carbonyl (C=O) groups excluding carboxylic acids is 1. The molecule has 0 saturated carbocycles. The Morgan fingerprint density at radius 3 is 2.78 bits per heavy atom. The number of halogens is 2. The standard InChI is InChI=1S/C11H12BrFN2O3/c1-14(6-2-5-12)11(16)9-4-3-8(13)7-10(9)15(17)18/h3-4,7H,2,5-6H2,1H3. The number of carbonyl (C=O) groups is 1. The van der Waals surface area contributed by atoms with Gasteiger partial charge >= 0.3 is 0 Å². The summed E-state index contributed by atoms with van der Waals surface area (Å²) in [6.07, 6.45) is 0.733. The molecule has 1 rings (SSSR count). The molecule has 0 unspecified atom stereocenters. The van der Waals surface area contributed by atoms with Gasteiger partial charge in [-0.1, -0.05) is 15.9 Å². The molecule has 7 heteroatoms. The summed E-state index contributed by atoms with van der Waals surface area (Å²) in [6, 6.07) is 2.94. The number of nitro benzene ring substituents is 1. The van der Waals surface area contributed by atoms with Crippen molar-refractivity contribution in [2.24, 2.45) is 0 Å². The summed E-state index contributed by atoms with van der Waals surface area (Å²) in [5.41, 5.74) is -0.607. The summed E-state index contributed by atoms with van der Waals surface area (Å²) >= 11 is 3.23. The summed E-state index contributed by atoms with van der Waals surface area (Å²) in [5, 5.41) is 11.5. The van der Waals surface area contributed by atoms with E-state index in [2.05, 4.69) is 15.9 Å². The molecule has 0 bridgehead atoms. The molecule has 18 heavy (non-hydrogen) atoms. The van der Waals surface area contributed by atoms with E-state index in [0.717, 1.165) is 30.0 Å². The normalized spacial score (nSPS) is 10.2. The van der Waals surface area contributed by atoms with E-state index in [1.54, 1.807) is 7.05 Å². The maximum Gasteiger partial charge on any atom is 0.285 e. The first-order valence-corrected chi connectivity index (χ1v) is 6.35. The first-order valence-electron chi connectivity index (χ1n) is 5.22.